The van der Waals surface area contributed by atoms with E-state index in [1.54, 1.807) is 6.07 Å². The van der Waals surface area contributed by atoms with E-state index < -0.39 is 0 Å². The van der Waals surface area contributed by atoms with E-state index in [4.69, 9.17) is 4.84 Å². The molecule has 8 heteroatoms. The molecule has 0 saturated carbocycles. The topological polar surface area (TPSA) is 95.4 Å². The second kappa shape index (κ2) is 10.3. The van der Waals surface area contributed by atoms with Crippen molar-refractivity contribution in [2.45, 2.75) is 39.7 Å². The minimum absolute atomic E-state index is 0.154. The minimum atomic E-state index is -0.154. The molecule has 0 atom stereocenters. The summed E-state index contributed by atoms with van der Waals surface area (Å²) in [5.74, 6) is -0.154. The molecule has 23 heavy (non-hydrogen) atoms. The van der Waals surface area contributed by atoms with Crippen LogP contribution in [0.1, 0.15) is 37.8 Å². The standard InChI is InChI=1S/C15H23N5O3/c1-4-7-15(22)17-23-10-13-12(5-2)8-6-9-14(13)16-18-19-20(3)11-21/h6,8-9,11H,4-5,7,10H2,1-3H3,(H,16,19)(H,17,22). The zero-order valence-corrected chi connectivity index (χ0v) is 13.7. The first kappa shape index (κ1) is 18.6. The summed E-state index contributed by atoms with van der Waals surface area (Å²) in [5.41, 5.74) is 7.36. The molecule has 2 amide bonds. The first-order chi connectivity index (χ1) is 11.1. The van der Waals surface area contributed by atoms with Crippen LogP contribution >= 0.6 is 0 Å². The summed E-state index contributed by atoms with van der Waals surface area (Å²) in [6.45, 7) is 4.14. The van der Waals surface area contributed by atoms with Gasteiger partial charge in [-0.15, -0.1) is 5.11 Å². The number of hydrogen-bond donors (Lipinski definition) is 2. The minimum Gasteiger partial charge on any atom is -0.277 e. The first-order valence-corrected chi connectivity index (χ1v) is 7.48. The molecule has 2 N–H and O–H groups in total. The number of benzene rings is 1. The molecule has 0 aliphatic rings. The molecule has 0 bridgehead atoms. The largest absolute Gasteiger partial charge is 0.277 e. The Hall–Kier alpha value is -2.48. The Balaban J connectivity index is 2.78. The van der Waals surface area contributed by atoms with Gasteiger partial charge < -0.3 is 0 Å². The molecule has 0 aliphatic carbocycles. The highest BCUT2D eigenvalue weighted by Gasteiger charge is 2.09. The van der Waals surface area contributed by atoms with E-state index in [-0.39, 0.29) is 12.5 Å². The van der Waals surface area contributed by atoms with Crippen molar-refractivity contribution in [1.82, 2.24) is 16.0 Å². The van der Waals surface area contributed by atoms with Gasteiger partial charge in [0.25, 0.3) is 0 Å². The van der Waals surface area contributed by atoms with Crippen molar-refractivity contribution in [2.24, 2.45) is 10.3 Å². The summed E-state index contributed by atoms with van der Waals surface area (Å²) in [6, 6.07) is 5.63. The summed E-state index contributed by atoms with van der Waals surface area (Å²) < 4.78 is 0. The normalized spacial score (nSPS) is 10.6. The summed E-state index contributed by atoms with van der Waals surface area (Å²) in [4.78, 5) is 27.2. The second-order valence-electron chi connectivity index (χ2n) is 4.85. The van der Waals surface area contributed by atoms with Crippen molar-refractivity contribution in [1.29, 1.82) is 0 Å². The van der Waals surface area contributed by atoms with Crippen LogP contribution in [0.2, 0.25) is 0 Å². The quantitative estimate of drug-likeness (QED) is 0.392. The molecule has 1 rings (SSSR count). The van der Waals surface area contributed by atoms with Crippen LogP contribution < -0.4 is 11.0 Å². The maximum atomic E-state index is 11.4. The number of carbonyl (C=O) groups is 2. The molecule has 0 heterocycles. The molecule has 0 radical (unpaired) electrons. The van der Waals surface area contributed by atoms with Crippen molar-refractivity contribution in [2.75, 3.05) is 7.05 Å². The monoisotopic (exact) mass is 321 g/mol. The number of nitrogens with zero attached hydrogens (tertiary/aromatic N) is 3. The maximum absolute atomic E-state index is 11.4. The highest BCUT2D eigenvalue weighted by molar-refractivity contribution is 5.74. The van der Waals surface area contributed by atoms with Crippen molar-refractivity contribution in [3.05, 3.63) is 29.3 Å². The molecule has 0 spiro atoms. The molecule has 0 fully saturated rings. The smallest absolute Gasteiger partial charge is 0.243 e. The van der Waals surface area contributed by atoms with Crippen LogP contribution in [0.4, 0.5) is 5.69 Å². The molecule has 0 saturated heterocycles. The molecule has 0 aromatic heterocycles. The van der Waals surface area contributed by atoms with Gasteiger partial charge >= 0.3 is 0 Å². The summed E-state index contributed by atoms with van der Waals surface area (Å²) >= 11 is 0. The van der Waals surface area contributed by atoms with Crippen LogP contribution in [0.15, 0.2) is 28.5 Å². The van der Waals surface area contributed by atoms with Crippen LogP contribution in [0.5, 0.6) is 0 Å². The van der Waals surface area contributed by atoms with Gasteiger partial charge in [0.15, 0.2) is 0 Å². The Morgan fingerprint density at radius 2 is 2.17 bits per heavy atom. The number of hydrogen-bond acceptors (Lipinski definition) is 5. The van der Waals surface area contributed by atoms with E-state index in [0.717, 1.165) is 29.0 Å². The molecule has 126 valence electrons. The van der Waals surface area contributed by atoms with Crippen molar-refractivity contribution in [3.8, 4) is 0 Å². The van der Waals surface area contributed by atoms with Crippen molar-refractivity contribution < 1.29 is 14.4 Å². The third-order valence-corrected chi connectivity index (χ3v) is 3.03. The number of hydrazine groups is 1. The van der Waals surface area contributed by atoms with Gasteiger partial charge in [-0.2, -0.15) is 5.53 Å². The van der Waals surface area contributed by atoms with E-state index >= 15 is 0 Å². The molecule has 8 nitrogen and oxygen atoms in total. The van der Waals surface area contributed by atoms with E-state index in [0.29, 0.717) is 18.5 Å². The maximum Gasteiger partial charge on any atom is 0.243 e. The van der Waals surface area contributed by atoms with Crippen LogP contribution in [-0.2, 0) is 27.5 Å². The Morgan fingerprint density at radius 3 is 2.83 bits per heavy atom. The van der Waals surface area contributed by atoms with Crippen LogP contribution in [0, 0.1) is 0 Å². The van der Waals surface area contributed by atoms with Crippen molar-refractivity contribution in [3.63, 3.8) is 0 Å². The number of hydroxylamine groups is 1. The molecule has 1 aromatic rings. The fourth-order valence-electron chi connectivity index (χ4n) is 1.85. The van der Waals surface area contributed by atoms with Gasteiger partial charge in [0.05, 0.1) is 5.69 Å². The summed E-state index contributed by atoms with van der Waals surface area (Å²) in [7, 11) is 1.52. The zero-order chi connectivity index (χ0) is 17.1. The van der Waals surface area contributed by atoms with Gasteiger partial charge in [-0.3, -0.25) is 14.4 Å². The Morgan fingerprint density at radius 1 is 1.39 bits per heavy atom. The van der Waals surface area contributed by atoms with Crippen LogP contribution in [0.25, 0.3) is 0 Å². The van der Waals surface area contributed by atoms with Gasteiger partial charge in [0, 0.05) is 19.0 Å². The molecule has 1 aromatic carbocycles. The number of nitrogens with one attached hydrogen (secondary N) is 2. The van der Waals surface area contributed by atoms with Crippen molar-refractivity contribution >= 4 is 18.0 Å². The fraction of sp³-hybridized carbons (Fsp3) is 0.467. The SMILES string of the molecule is CCCC(=O)NOCc1c(CC)cccc1N=NNN(C)C=O. The number of aryl methyl sites for hydroxylation is 1. The number of carbonyl (C=O) groups excluding carboxylic acids is 2. The number of amides is 2. The molecular formula is C15H23N5O3. The predicted molar refractivity (Wildman–Crippen MR) is 85.1 cm³/mol. The lowest BCUT2D eigenvalue weighted by Gasteiger charge is -2.12. The van der Waals surface area contributed by atoms with E-state index in [1.807, 2.05) is 26.0 Å². The van der Waals surface area contributed by atoms with Crippen LogP contribution in [-0.4, -0.2) is 24.4 Å². The third-order valence-electron chi connectivity index (χ3n) is 3.03. The predicted octanol–water partition coefficient (Wildman–Crippen LogP) is 2.19. The second-order valence-corrected chi connectivity index (χ2v) is 4.85. The highest BCUT2D eigenvalue weighted by Crippen LogP contribution is 2.24. The first-order valence-electron chi connectivity index (χ1n) is 7.48. The lowest BCUT2D eigenvalue weighted by Crippen LogP contribution is -2.27. The van der Waals surface area contributed by atoms with E-state index in [9.17, 15) is 9.59 Å². The Kier molecular flexibility index (Phi) is 8.30. The van der Waals surface area contributed by atoms with E-state index in [1.165, 1.54) is 7.05 Å². The van der Waals surface area contributed by atoms with Gasteiger partial charge in [0.2, 0.25) is 12.3 Å². The molecular weight excluding hydrogens is 298 g/mol. The Bertz CT molecular complexity index is 548. The molecule has 0 aliphatic heterocycles. The fourth-order valence-corrected chi connectivity index (χ4v) is 1.85. The van der Waals surface area contributed by atoms with Gasteiger partial charge in [-0.25, -0.2) is 10.5 Å². The number of rotatable bonds is 10. The van der Waals surface area contributed by atoms with Crippen LogP contribution in [0.3, 0.4) is 0 Å². The highest BCUT2D eigenvalue weighted by atomic mass is 16.6. The average Bonchev–Trinajstić information content (AvgIpc) is 2.55. The van der Waals surface area contributed by atoms with Gasteiger partial charge in [-0.05, 0) is 24.5 Å². The Labute approximate surface area is 135 Å². The van der Waals surface area contributed by atoms with Gasteiger partial charge in [-0.1, -0.05) is 31.2 Å². The lowest BCUT2D eigenvalue weighted by atomic mass is 10.0. The molecule has 0 unspecified atom stereocenters. The summed E-state index contributed by atoms with van der Waals surface area (Å²) in [6.07, 6.45) is 2.56. The zero-order valence-electron chi connectivity index (χ0n) is 13.7. The van der Waals surface area contributed by atoms with Gasteiger partial charge in [0.1, 0.15) is 6.61 Å². The third kappa shape index (κ3) is 6.43. The summed E-state index contributed by atoms with van der Waals surface area (Å²) in [5, 5.41) is 8.94. The van der Waals surface area contributed by atoms with E-state index in [2.05, 4.69) is 21.4 Å². The average molecular weight is 321 g/mol. The lowest BCUT2D eigenvalue weighted by molar-refractivity contribution is -0.134.